The minimum Gasteiger partial charge on any atom is -0.555 e. The molecular weight excluding hydrogens is 481 g/mol. The van der Waals surface area contributed by atoms with Gasteiger partial charge in [-0.15, -0.1) is 0 Å². The van der Waals surface area contributed by atoms with E-state index in [4.69, 9.17) is 19.5 Å². The fourth-order valence-corrected chi connectivity index (χ4v) is 5.49. The van der Waals surface area contributed by atoms with Crippen molar-refractivity contribution >= 4 is 28.1 Å². The number of nitrogens with one attached hydrogen (secondary N) is 2. The number of aromatic nitrogens is 2. The minimum atomic E-state index is -1.91. The Balaban J connectivity index is 1.63. The van der Waals surface area contributed by atoms with Crippen LogP contribution in [0.25, 0.3) is 11.3 Å². The molecule has 1 aromatic carbocycles. The van der Waals surface area contributed by atoms with Crippen LogP contribution in [0.1, 0.15) is 51.6 Å². The highest BCUT2D eigenvalue weighted by molar-refractivity contribution is 6.74. The normalized spacial score (nSPS) is 16.0. The molecule has 1 amide bonds. The fourth-order valence-electron chi connectivity index (χ4n) is 4.15. The van der Waals surface area contributed by atoms with Crippen molar-refractivity contribution in [3.8, 4) is 11.3 Å². The summed E-state index contributed by atoms with van der Waals surface area (Å²) in [6, 6.07) is 8.34. The van der Waals surface area contributed by atoms with Gasteiger partial charge >= 0.3 is 7.48 Å². The summed E-state index contributed by atoms with van der Waals surface area (Å²) in [5.41, 5.74) is 3.09. The summed E-state index contributed by atoms with van der Waals surface area (Å²) in [7, 11) is 1.74. The van der Waals surface area contributed by atoms with Gasteiger partial charge in [-0.2, -0.15) is 0 Å². The Bertz CT molecular complexity index is 1050. The number of amides is 1. The van der Waals surface area contributed by atoms with Crippen molar-refractivity contribution in [1.29, 1.82) is 5.41 Å². The zero-order valence-electron chi connectivity index (χ0n) is 23.5. The van der Waals surface area contributed by atoms with Gasteiger partial charge in [0.1, 0.15) is 18.3 Å². The Labute approximate surface area is 224 Å². The van der Waals surface area contributed by atoms with E-state index in [2.05, 4.69) is 86.0 Å². The number of carbonyl (C=O) groups excluding carboxylic acids is 1. The molecule has 0 saturated carbocycles. The van der Waals surface area contributed by atoms with Gasteiger partial charge in [0, 0.05) is 25.4 Å². The van der Waals surface area contributed by atoms with Crippen molar-refractivity contribution in [1.82, 2.24) is 19.8 Å². The van der Waals surface area contributed by atoms with E-state index in [0.29, 0.717) is 19.5 Å². The third kappa shape index (κ3) is 8.03. The van der Waals surface area contributed by atoms with Crippen LogP contribution in [0.15, 0.2) is 30.5 Å². The topological polar surface area (TPSA) is 92.5 Å². The van der Waals surface area contributed by atoms with E-state index in [0.717, 1.165) is 48.6 Å². The third-order valence-corrected chi connectivity index (χ3v) is 12.1. The fraction of sp³-hybridized carbons (Fsp3) is 0.593. The summed E-state index contributed by atoms with van der Waals surface area (Å²) in [4.78, 5) is 19.3. The Morgan fingerprint density at radius 1 is 1.27 bits per heavy atom. The smallest absolute Gasteiger partial charge is 0.376 e. The van der Waals surface area contributed by atoms with Crippen LogP contribution in [0.2, 0.25) is 23.9 Å². The van der Waals surface area contributed by atoms with E-state index in [-0.39, 0.29) is 22.9 Å². The molecule has 2 atom stereocenters. The van der Waals surface area contributed by atoms with Crippen molar-refractivity contribution in [3.05, 3.63) is 41.9 Å². The van der Waals surface area contributed by atoms with E-state index in [1.807, 2.05) is 7.05 Å². The monoisotopic (exact) mass is 524 g/mol. The molecule has 1 aliphatic rings. The molecule has 1 fully saturated rings. The summed E-state index contributed by atoms with van der Waals surface area (Å²) < 4.78 is 13.8. The highest BCUT2D eigenvalue weighted by Gasteiger charge is 2.39. The average molecular weight is 525 g/mol. The largest absolute Gasteiger partial charge is 0.555 e. The van der Waals surface area contributed by atoms with Crippen LogP contribution < -0.4 is 5.32 Å². The molecule has 201 valence electrons. The molecular formula is C27H43BN5O3Si. The maximum atomic E-state index is 12.2. The summed E-state index contributed by atoms with van der Waals surface area (Å²) in [6.45, 7) is 16.3. The number of likely N-dealkylation sites (tertiary alicyclic amines) is 1. The number of hydrogen-bond acceptors (Lipinski definition) is 6. The van der Waals surface area contributed by atoms with Crippen LogP contribution in [0.5, 0.6) is 0 Å². The maximum absolute atomic E-state index is 12.2. The lowest BCUT2D eigenvalue weighted by molar-refractivity contribution is -0.123. The quantitative estimate of drug-likeness (QED) is 0.228. The molecule has 3 rings (SSSR count). The summed E-state index contributed by atoms with van der Waals surface area (Å²) in [5, 5.41) is 10.3. The van der Waals surface area contributed by atoms with Crippen molar-refractivity contribution in [3.63, 3.8) is 0 Å². The molecule has 10 heteroatoms. The van der Waals surface area contributed by atoms with E-state index in [9.17, 15) is 4.79 Å². The molecule has 1 aliphatic heterocycles. The number of nitrogens with zero attached hydrogens (tertiary/aromatic N) is 3. The number of rotatable bonds is 13. The lowest BCUT2D eigenvalue weighted by Gasteiger charge is -2.38. The number of benzene rings is 1. The van der Waals surface area contributed by atoms with Gasteiger partial charge in [-0.1, -0.05) is 45.0 Å². The second-order valence-corrected chi connectivity index (χ2v) is 16.4. The van der Waals surface area contributed by atoms with Crippen LogP contribution in [-0.4, -0.2) is 68.7 Å². The van der Waals surface area contributed by atoms with Gasteiger partial charge in [0.05, 0.1) is 12.2 Å². The predicted octanol–water partition coefficient (Wildman–Crippen LogP) is 4.57. The molecule has 2 unspecified atom stereocenters. The zero-order valence-corrected chi connectivity index (χ0v) is 24.5. The van der Waals surface area contributed by atoms with Crippen molar-refractivity contribution < 1.29 is 13.9 Å². The van der Waals surface area contributed by atoms with Crippen LogP contribution in [0.4, 0.5) is 0 Å². The summed E-state index contributed by atoms with van der Waals surface area (Å²) in [5.74, 6) is 0.917. The van der Waals surface area contributed by atoms with Crippen LogP contribution >= 0.6 is 0 Å². The molecule has 2 aromatic rings. The molecule has 0 bridgehead atoms. The Morgan fingerprint density at radius 2 is 1.95 bits per heavy atom. The molecule has 0 aliphatic carbocycles. The van der Waals surface area contributed by atoms with Gasteiger partial charge in [0.2, 0.25) is 5.91 Å². The van der Waals surface area contributed by atoms with Crippen LogP contribution in [-0.2, 0) is 27.3 Å². The molecule has 0 spiro atoms. The van der Waals surface area contributed by atoms with Gasteiger partial charge in [-0.3, -0.25) is 15.1 Å². The average Bonchev–Trinajstić information content (AvgIpc) is 3.19. The van der Waals surface area contributed by atoms with Gasteiger partial charge in [-0.25, -0.2) is 4.98 Å². The minimum absolute atomic E-state index is 0.0287. The van der Waals surface area contributed by atoms with E-state index >= 15 is 0 Å². The number of carbonyl (C=O) groups is 1. The van der Waals surface area contributed by atoms with Crippen LogP contribution in [0, 0.1) is 5.41 Å². The molecule has 8 nitrogen and oxygen atoms in total. The molecule has 1 aromatic heterocycles. The highest BCUT2D eigenvalue weighted by Crippen LogP contribution is 2.39. The molecule has 1 saturated heterocycles. The number of hydrogen-bond donors (Lipinski definition) is 2. The van der Waals surface area contributed by atoms with Gasteiger partial charge in [0.15, 0.2) is 8.32 Å². The van der Waals surface area contributed by atoms with Crippen LogP contribution in [0.3, 0.4) is 0 Å². The maximum Gasteiger partial charge on any atom is 0.376 e. The number of aryl methyl sites for hydroxylation is 1. The second kappa shape index (κ2) is 12.4. The summed E-state index contributed by atoms with van der Waals surface area (Å²) in [6.07, 6.45) is 4.74. The predicted molar refractivity (Wildman–Crippen MR) is 152 cm³/mol. The standard InChI is InChI=1S/C27H43BN5O3Si/c1-20(36-37(6,7)27(2,3)4)26-31-24(17-32(26)5)22-11-9-21(10-12-22)15-23(28-35-19-29)16-30-25(34)18-33-13-8-14-33/h9-12,17,19-20,23,29H,8,13-16,18H2,1-7H3,(H,30,34). The zero-order chi connectivity index (χ0) is 27.2. The third-order valence-electron chi connectivity index (χ3n) is 7.52. The highest BCUT2D eigenvalue weighted by atomic mass is 28.4. The first-order valence-electron chi connectivity index (χ1n) is 13.2. The molecule has 2 N–H and O–H groups in total. The Morgan fingerprint density at radius 3 is 2.51 bits per heavy atom. The number of imidazole rings is 1. The van der Waals surface area contributed by atoms with Gasteiger partial charge < -0.3 is 19.0 Å². The Kier molecular flexibility index (Phi) is 9.77. The lowest BCUT2D eigenvalue weighted by atomic mass is 9.75. The van der Waals surface area contributed by atoms with Gasteiger partial charge in [-0.05, 0) is 62.4 Å². The molecule has 37 heavy (non-hydrogen) atoms. The van der Waals surface area contributed by atoms with Crippen molar-refractivity contribution in [2.24, 2.45) is 7.05 Å². The van der Waals surface area contributed by atoms with E-state index < -0.39 is 8.32 Å². The first-order chi connectivity index (χ1) is 17.4. The van der Waals surface area contributed by atoms with Crippen molar-refractivity contribution in [2.45, 2.75) is 70.6 Å². The van der Waals surface area contributed by atoms with E-state index in [1.54, 1.807) is 7.48 Å². The first-order valence-corrected chi connectivity index (χ1v) is 16.1. The first kappa shape index (κ1) is 29.1. The second-order valence-electron chi connectivity index (χ2n) is 11.6. The van der Waals surface area contributed by atoms with E-state index in [1.165, 1.54) is 0 Å². The summed E-state index contributed by atoms with van der Waals surface area (Å²) >= 11 is 0. The lowest BCUT2D eigenvalue weighted by Crippen LogP contribution is -2.45. The molecule has 2 heterocycles. The Hall–Kier alpha value is -2.43. The van der Waals surface area contributed by atoms with Crippen molar-refractivity contribution in [2.75, 3.05) is 26.2 Å². The molecule has 1 radical (unpaired) electrons. The SMILES string of the molecule is CC(O[Si](C)(C)C(C)(C)C)c1nc(-c2ccc(CC([B]OC=N)CNC(=O)CN3CCC3)cc2)cn1C. The van der Waals surface area contributed by atoms with Gasteiger partial charge in [0.25, 0.3) is 0 Å².